The normalized spacial score (nSPS) is 12.3. The Morgan fingerprint density at radius 3 is 1.00 bits per heavy atom. The number of fused-ring (bicyclic) bond motifs is 3. The minimum absolute atomic E-state index is 0.708. The fourth-order valence-corrected chi connectivity index (χ4v) is 9.26. The standard InChI is InChI=1S/C59H56N2O2/c1-3-5-19-41-62-53-35-29-45(30-36-53)59(46-31-37-54(38-32-46)63-42-20-6-4-2)57-43-51(60(47-21-11-7-12-22-47)48-23-13-8-14-24-48)33-39-55(57)56-40-34-52(44-58(56)59)61(49-25-15-9-16-26-49)50-27-17-10-18-28-50/h7-18,21-40,43-44H,3-6,19-20,41-42H2,1-2H3. The molecule has 4 heteroatoms. The highest BCUT2D eigenvalue weighted by Crippen LogP contribution is 2.58. The molecule has 1 aliphatic carbocycles. The second-order valence-electron chi connectivity index (χ2n) is 16.4. The molecule has 0 N–H and O–H groups in total. The Hall–Kier alpha value is -7.04. The zero-order valence-corrected chi connectivity index (χ0v) is 36.5. The summed E-state index contributed by atoms with van der Waals surface area (Å²) in [5.41, 5.74) is 13.1. The van der Waals surface area contributed by atoms with Crippen LogP contribution in [0.1, 0.15) is 74.6 Å². The van der Waals surface area contributed by atoms with Crippen LogP contribution in [0.3, 0.4) is 0 Å². The molecule has 0 radical (unpaired) electrons. The Labute approximate surface area is 374 Å². The number of para-hydroxylation sites is 4. The molecule has 0 spiro atoms. The highest BCUT2D eigenvalue weighted by atomic mass is 16.5. The zero-order chi connectivity index (χ0) is 42.9. The molecule has 0 aliphatic heterocycles. The summed E-state index contributed by atoms with van der Waals surface area (Å²) in [6.07, 6.45) is 6.72. The largest absolute Gasteiger partial charge is 0.494 e. The fraction of sp³-hybridized carbons (Fsp3) is 0.186. The lowest BCUT2D eigenvalue weighted by atomic mass is 9.67. The maximum Gasteiger partial charge on any atom is 0.119 e. The molecular weight excluding hydrogens is 769 g/mol. The molecule has 0 fully saturated rings. The Balaban J connectivity index is 1.29. The molecule has 0 atom stereocenters. The third-order valence-corrected chi connectivity index (χ3v) is 12.3. The second kappa shape index (κ2) is 19.3. The quantitative estimate of drug-likeness (QED) is 0.0805. The number of nitrogens with zero attached hydrogens (tertiary/aromatic N) is 2. The van der Waals surface area contributed by atoms with Crippen molar-refractivity contribution in [1.29, 1.82) is 0 Å². The minimum Gasteiger partial charge on any atom is -0.494 e. The summed E-state index contributed by atoms with van der Waals surface area (Å²) in [6.45, 7) is 5.87. The van der Waals surface area contributed by atoms with E-state index in [1.165, 1.54) is 33.4 Å². The van der Waals surface area contributed by atoms with Gasteiger partial charge in [-0.2, -0.15) is 0 Å². The van der Waals surface area contributed by atoms with Gasteiger partial charge in [-0.1, -0.05) is 149 Å². The van der Waals surface area contributed by atoms with Crippen LogP contribution in [0.4, 0.5) is 34.1 Å². The van der Waals surface area contributed by atoms with Crippen molar-refractivity contribution in [3.05, 3.63) is 229 Å². The van der Waals surface area contributed by atoms with E-state index in [1.54, 1.807) is 0 Å². The van der Waals surface area contributed by atoms with Gasteiger partial charge < -0.3 is 19.3 Å². The average Bonchev–Trinajstić information content (AvgIpc) is 3.63. The molecule has 0 unspecified atom stereocenters. The average molecular weight is 825 g/mol. The third-order valence-electron chi connectivity index (χ3n) is 12.3. The van der Waals surface area contributed by atoms with Crippen molar-refractivity contribution in [2.45, 2.75) is 57.8 Å². The molecule has 0 saturated carbocycles. The molecule has 0 amide bonds. The van der Waals surface area contributed by atoms with Crippen molar-refractivity contribution in [3.63, 3.8) is 0 Å². The molecule has 0 heterocycles. The van der Waals surface area contributed by atoms with Gasteiger partial charge in [-0.05, 0) is 143 Å². The van der Waals surface area contributed by atoms with Gasteiger partial charge in [-0.15, -0.1) is 0 Å². The van der Waals surface area contributed by atoms with E-state index < -0.39 is 5.41 Å². The predicted molar refractivity (Wildman–Crippen MR) is 263 cm³/mol. The third kappa shape index (κ3) is 8.46. The summed E-state index contributed by atoms with van der Waals surface area (Å²) in [6, 6.07) is 74.7. The van der Waals surface area contributed by atoms with Gasteiger partial charge in [0.1, 0.15) is 11.5 Å². The lowest BCUT2D eigenvalue weighted by Crippen LogP contribution is -2.29. The van der Waals surface area contributed by atoms with Crippen LogP contribution in [0, 0.1) is 0 Å². The van der Waals surface area contributed by atoms with E-state index in [4.69, 9.17) is 9.47 Å². The van der Waals surface area contributed by atoms with Crippen molar-refractivity contribution in [2.24, 2.45) is 0 Å². The van der Waals surface area contributed by atoms with Crippen LogP contribution in [-0.2, 0) is 5.41 Å². The number of unbranched alkanes of at least 4 members (excludes halogenated alkanes) is 4. The molecule has 0 saturated heterocycles. The number of hydrogen-bond acceptors (Lipinski definition) is 4. The fourth-order valence-electron chi connectivity index (χ4n) is 9.26. The highest BCUT2D eigenvalue weighted by Gasteiger charge is 2.47. The Kier molecular flexibility index (Phi) is 12.7. The number of anilines is 6. The molecule has 314 valence electrons. The van der Waals surface area contributed by atoms with Crippen LogP contribution in [0.2, 0.25) is 0 Å². The van der Waals surface area contributed by atoms with E-state index in [1.807, 2.05) is 0 Å². The van der Waals surface area contributed by atoms with Gasteiger partial charge in [0.05, 0.1) is 18.6 Å². The number of rotatable bonds is 18. The van der Waals surface area contributed by atoms with Crippen LogP contribution in [-0.4, -0.2) is 13.2 Å². The minimum atomic E-state index is -0.712. The molecule has 0 aromatic heterocycles. The Morgan fingerprint density at radius 1 is 0.349 bits per heavy atom. The van der Waals surface area contributed by atoms with E-state index in [0.717, 1.165) is 84.1 Å². The zero-order valence-electron chi connectivity index (χ0n) is 36.5. The van der Waals surface area contributed by atoms with Crippen molar-refractivity contribution in [1.82, 2.24) is 0 Å². The summed E-state index contributed by atoms with van der Waals surface area (Å²) in [7, 11) is 0. The first kappa shape index (κ1) is 41.3. The van der Waals surface area contributed by atoms with Crippen molar-refractivity contribution in [3.8, 4) is 22.6 Å². The Bertz CT molecular complexity index is 2410. The number of ether oxygens (including phenoxy) is 2. The predicted octanol–water partition coefficient (Wildman–Crippen LogP) is 16.1. The van der Waals surface area contributed by atoms with Crippen LogP contribution < -0.4 is 19.3 Å². The maximum absolute atomic E-state index is 6.34. The van der Waals surface area contributed by atoms with Gasteiger partial charge in [-0.3, -0.25) is 0 Å². The lowest BCUT2D eigenvalue weighted by molar-refractivity contribution is 0.306. The summed E-state index contributed by atoms with van der Waals surface area (Å²) in [4.78, 5) is 4.74. The second-order valence-corrected chi connectivity index (χ2v) is 16.4. The molecule has 1 aliphatic rings. The molecule has 8 aromatic carbocycles. The SMILES string of the molecule is CCCCCOc1ccc(C2(c3ccc(OCCCCC)cc3)c3cc(N(c4ccccc4)c4ccccc4)ccc3-c3ccc(N(c4ccccc4)c4ccccc4)cc32)cc1. The summed E-state index contributed by atoms with van der Waals surface area (Å²) >= 11 is 0. The summed E-state index contributed by atoms with van der Waals surface area (Å²) < 4.78 is 12.7. The van der Waals surface area contributed by atoms with E-state index in [0.29, 0.717) is 13.2 Å². The van der Waals surface area contributed by atoms with Crippen molar-refractivity contribution >= 4 is 34.1 Å². The van der Waals surface area contributed by atoms with Crippen LogP contribution in [0.25, 0.3) is 11.1 Å². The maximum atomic E-state index is 6.34. The van der Waals surface area contributed by atoms with Gasteiger partial charge >= 0.3 is 0 Å². The molecule has 4 nitrogen and oxygen atoms in total. The van der Waals surface area contributed by atoms with E-state index in [-0.39, 0.29) is 0 Å². The van der Waals surface area contributed by atoms with E-state index >= 15 is 0 Å². The first-order chi connectivity index (χ1) is 31.2. The van der Waals surface area contributed by atoms with Crippen molar-refractivity contribution in [2.75, 3.05) is 23.0 Å². The monoisotopic (exact) mass is 824 g/mol. The van der Waals surface area contributed by atoms with Crippen LogP contribution >= 0.6 is 0 Å². The van der Waals surface area contributed by atoms with E-state index in [9.17, 15) is 0 Å². The summed E-state index contributed by atoms with van der Waals surface area (Å²) in [5.74, 6) is 1.78. The number of hydrogen-bond donors (Lipinski definition) is 0. The lowest BCUT2D eigenvalue weighted by Gasteiger charge is -2.36. The first-order valence-electron chi connectivity index (χ1n) is 22.8. The molecule has 9 rings (SSSR count). The first-order valence-corrected chi connectivity index (χ1v) is 22.8. The van der Waals surface area contributed by atoms with Crippen LogP contribution in [0.15, 0.2) is 206 Å². The van der Waals surface area contributed by atoms with Gasteiger partial charge in [0.15, 0.2) is 0 Å². The van der Waals surface area contributed by atoms with Gasteiger partial charge in [0.2, 0.25) is 0 Å². The molecule has 0 bridgehead atoms. The Morgan fingerprint density at radius 2 is 0.683 bits per heavy atom. The van der Waals surface area contributed by atoms with Gasteiger partial charge in [0.25, 0.3) is 0 Å². The number of benzene rings is 8. The topological polar surface area (TPSA) is 24.9 Å². The van der Waals surface area contributed by atoms with Crippen molar-refractivity contribution < 1.29 is 9.47 Å². The summed E-state index contributed by atoms with van der Waals surface area (Å²) in [5, 5.41) is 0. The van der Waals surface area contributed by atoms with Crippen LogP contribution in [0.5, 0.6) is 11.5 Å². The molecule has 8 aromatic rings. The smallest absolute Gasteiger partial charge is 0.119 e. The molecular formula is C59H56N2O2. The van der Waals surface area contributed by atoms with E-state index in [2.05, 4.69) is 230 Å². The van der Waals surface area contributed by atoms with Gasteiger partial charge in [0, 0.05) is 34.1 Å². The van der Waals surface area contributed by atoms with Gasteiger partial charge in [-0.25, -0.2) is 0 Å². The highest BCUT2D eigenvalue weighted by molar-refractivity contribution is 5.92. The molecule has 63 heavy (non-hydrogen) atoms.